The molecule has 2 aliphatic heterocycles. The Morgan fingerprint density at radius 2 is 2.40 bits per heavy atom. The fourth-order valence-electron chi connectivity index (χ4n) is 3.09. The van der Waals surface area contributed by atoms with Crippen LogP contribution >= 0.6 is 0 Å². The third-order valence-electron chi connectivity index (χ3n) is 3.82. The van der Waals surface area contributed by atoms with E-state index in [9.17, 15) is 4.79 Å². The first-order valence-corrected chi connectivity index (χ1v) is 5.38. The van der Waals surface area contributed by atoms with Gasteiger partial charge in [0.25, 0.3) is 0 Å². The molecule has 2 fully saturated rings. The zero-order chi connectivity index (χ0) is 10.4. The highest BCUT2D eigenvalue weighted by Gasteiger charge is 2.53. The standard InChI is InChI=1S/C11H14O4/c1-13-10(12)8-5-15-11-9-6(4-14-11)2-3-7(8)9/h5-7,9,11H,2-4H2,1H3/p+1. The smallest absolute Gasteiger partial charge is 0.471 e. The molecule has 4 heteroatoms. The van der Waals surface area contributed by atoms with Crippen LogP contribution in [0.1, 0.15) is 12.8 Å². The fourth-order valence-corrected chi connectivity index (χ4v) is 3.09. The van der Waals surface area contributed by atoms with E-state index in [1.54, 1.807) is 6.26 Å². The van der Waals surface area contributed by atoms with Crippen molar-refractivity contribution >= 4 is 5.97 Å². The number of methoxy groups -OCH3 is 1. The molecule has 0 spiro atoms. The predicted octanol–water partition coefficient (Wildman–Crippen LogP) is 1.05. The van der Waals surface area contributed by atoms with Crippen molar-refractivity contribution in [2.75, 3.05) is 13.7 Å². The Balaban J connectivity index is 1.90. The van der Waals surface area contributed by atoms with Gasteiger partial charge in [0.15, 0.2) is 7.11 Å². The third kappa shape index (κ3) is 1.21. The number of carbonyl (C=O) groups excluding carboxylic acids is 1. The van der Waals surface area contributed by atoms with E-state index in [-0.39, 0.29) is 12.3 Å². The van der Waals surface area contributed by atoms with Crippen molar-refractivity contribution in [3.63, 3.8) is 0 Å². The van der Waals surface area contributed by atoms with Gasteiger partial charge in [-0.2, -0.15) is 0 Å². The molecule has 3 rings (SSSR count). The number of rotatable bonds is 1. The lowest BCUT2D eigenvalue weighted by atomic mass is 9.85. The van der Waals surface area contributed by atoms with Crippen molar-refractivity contribution in [1.82, 2.24) is 0 Å². The number of hydrogen-bond acceptors (Lipinski definition) is 3. The highest BCUT2D eigenvalue weighted by Crippen LogP contribution is 2.50. The molecule has 0 radical (unpaired) electrons. The summed E-state index contributed by atoms with van der Waals surface area (Å²) >= 11 is 0. The minimum absolute atomic E-state index is 0.00833. The van der Waals surface area contributed by atoms with E-state index in [0.29, 0.717) is 17.8 Å². The Morgan fingerprint density at radius 1 is 1.53 bits per heavy atom. The average Bonchev–Trinajstić information content (AvgIpc) is 2.86. The minimum Gasteiger partial charge on any atom is -0.471 e. The van der Waals surface area contributed by atoms with Crippen molar-refractivity contribution < 1.29 is 19.0 Å². The number of ether oxygens (including phenoxy) is 3. The van der Waals surface area contributed by atoms with E-state index in [1.807, 2.05) is 0 Å². The molecule has 1 N–H and O–H groups in total. The molecule has 15 heavy (non-hydrogen) atoms. The van der Waals surface area contributed by atoms with Crippen LogP contribution in [0.2, 0.25) is 0 Å². The lowest BCUT2D eigenvalue weighted by Gasteiger charge is -2.27. The molecule has 0 bridgehead atoms. The third-order valence-corrected chi connectivity index (χ3v) is 3.82. The quantitative estimate of drug-likeness (QED) is 0.481. The van der Waals surface area contributed by atoms with Gasteiger partial charge in [0, 0.05) is 11.8 Å². The minimum atomic E-state index is -0.101. The molecule has 2 heterocycles. The van der Waals surface area contributed by atoms with Gasteiger partial charge in [-0.15, -0.1) is 0 Å². The monoisotopic (exact) mass is 211 g/mol. The SMILES string of the molecule is COC(=[OH+])C1=COC2OCC3CCC1C32. The first kappa shape index (κ1) is 9.21. The summed E-state index contributed by atoms with van der Waals surface area (Å²) in [7, 11) is 1.47. The summed E-state index contributed by atoms with van der Waals surface area (Å²) in [6.07, 6.45) is 3.75. The summed E-state index contributed by atoms with van der Waals surface area (Å²) in [5.74, 6) is 1.33. The molecule has 0 aromatic rings. The summed E-state index contributed by atoms with van der Waals surface area (Å²) in [5, 5.41) is 0. The van der Waals surface area contributed by atoms with E-state index >= 15 is 0 Å². The van der Waals surface area contributed by atoms with Crippen LogP contribution in [0.5, 0.6) is 0 Å². The normalized spacial score (nSPS) is 41.8. The lowest BCUT2D eigenvalue weighted by molar-refractivity contribution is -0.107. The molecule has 1 saturated carbocycles. The molecule has 1 saturated heterocycles. The van der Waals surface area contributed by atoms with Crippen molar-refractivity contribution in [1.29, 1.82) is 0 Å². The molecule has 0 amide bonds. The Bertz CT molecular complexity index is 323. The maximum Gasteiger partial charge on any atom is 0.516 e. The number of hydrogen-bond donors (Lipinski definition) is 0. The molecule has 4 atom stereocenters. The van der Waals surface area contributed by atoms with Crippen LogP contribution < -0.4 is 0 Å². The Hall–Kier alpha value is -1.03. The van der Waals surface area contributed by atoms with Crippen molar-refractivity contribution in [3.05, 3.63) is 11.8 Å². The van der Waals surface area contributed by atoms with Gasteiger partial charge < -0.3 is 19.0 Å². The maximum atomic E-state index is 9.63. The lowest BCUT2D eigenvalue weighted by Crippen LogP contribution is -2.32. The molecule has 0 aromatic carbocycles. The van der Waals surface area contributed by atoms with Crippen LogP contribution in [0, 0.1) is 17.8 Å². The summed E-state index contributed by atoms with van der Waals surface area (Å²) in [6.45, 7) is 0.792. The van der Waals surface area contributed by atoms with Gasteiger partial charge >= 0.3 is 5.97 Å². The molecule has 82 valence electrons. The van der Waals surface area contributed by atoms with Crippen LogP contribution in [-0.4, -0.2) is 30.8 Å². The van der Waals surface area contributed by atoms with Gasteiger partial charge in [0.1, 0.15) is 11.8 Å². The van der Waals surface area contributed by atoms with E-state index in [1.165, 1.54) is 7.11 Å². The Labute approximate surface area is 88.2 Å². The zero-order valence-electron chi connectivity index (χ0n) is 8.68. The van der Waals surface area contributed by atoms with E-state index in [0.717, 1.165) is 25.0 Å². The van der Waals surface area contributed by atoms with E-state index in [4.69, 9.17) is 14.2 Å². The second-order valence-corrected chi connectivity index (χ2v) is 4.44. The Kier molecular flexibility index (Phi) is 1.99. The van der Waals surface area contributed by atoms with E-state index in [2.05, 4.69) is 0 Å². The number of esters is 1. The van der Waals surface area contributed by atoms with Crippen molar-refractivity contribution in [2.45, 2.75) is 19.1 Å². The zero-order valence-corrected chi connectivity index (χ0v) is 8.68. The molecule has 1 aliphatic carbocycles. The topological polar surface area (TPSA) is 49.1 Å². The van der Waals surface area contributed by atoms with Crippen molar-refractivity contribution in [3.8, 4) is 0 Å². The van der Waals surface area contributed by atoms with Crippen LogP contribution in [0.4, 0.5) is 0 Å². The summed E-state index contributed by atoms with van der Waals surface area (Å²) < 4.78 is 15.9. The van der Waals surface area contributed by atoms with Gasteiger partial charge in [-0.1, -0.05) is 0 Å². The highest BCUT2D eigenvalue weighted by atomic mass is 16.7. The highest BCUT2D eigenvalue weighted by molar-refractivity contribution is 5.89. The predicted molar refractivity (Wildman–Crippen MR) is 52.6 cm³/mol. The first-order valence-electron chi connectivity index (χ1n) is 5.38. The summed E-state index contributed by atoms with van der Waals surface area (Å²) in [4.78, 5) is 9.63. The summed E-state index contributed by atoms with van der Waals surface area (Å²) in [5.41, 5.74) is 0.798. The van der Waals surface area contributed by atoms with Gasteiger partial charge in [-0.3, -0.25) is 0 Å². The van der Waals surface area contributed by atoms with Crippen LogP contribution in [0.3, 0.4) is 0 Å². The average molecular weight is 211 g/mol. The van der Waals surface area contributed by atoms with Crippen LogP contribution in [0.25, 0.3) is 0 Å². The summed E-state index contributed by atoms with van der Waals surface area (Å²) in [6, 6.07) is 0. The molecular weight excluding hydrogens is 196 g/mol. The molecular formula is C11H15O4+. The fraction of sp³-hybridized carbons (Fsp3) is 0.727. The van der Waals surface area contributed by atoms with Crippen LogP contribution in [-0.2, 0) is 14.2 Å². The first-order chi connectivity index (χ1) is 7.31. The second-order valence-electron chi connectivity index (χ2n) is 4.44. The van der Waals surface area contributed by atoms with Gasteiger partial charge in [-0.25, -0.2) is 0 Å². The Morgan fingerprint density at radius 3 is 3.20 bits per heavy atom. The van der Waals surface area contributed by atoms with Gasteiger partial charge in [0.2, 0.25) is 6.29 Å². The van der Waals surface area contributed by atoms with Gasteiger partial charge in [-0.05, 0) is 18.8 Å². The molecule has 4 nitrogen and oxygen atoms in total. The molecule has 4 unspecified atom stereocenters. The second kappa shape index (κ2) is 3.23. The molecule has 0 aromatic heterocycles. The van der Waals surface area contributed by atoms with Gasteiger partial charge in [0.05, 0.1) is 6.61 Å². The van der Waals surface area contributed by atoms with Crippen molar-refractivity contribution in [2.24, 2.45) is 17.8 Å². The van der Waals surface area contributed by atoms with Crippen LogP contribution in [0.15, 0.2) is 11.8 Å². The van der Waals surface area contributed by atoms with E-state index < -0.39 is 0 Å². The maximum absolute atomic E-state index is 9.63. The largest absolute Gasteiger partial charge is 0.516 e. The molecule has 3 aliphatic rings.